The van der Waals surface area contributed by atoms with Crippen molar-refractivity contribution in [3.63, 3.8) is 0 Å². The number of carbonyl (C=O) groups is 2. The maximum absolute atomic E-state index is 11.8. The number of aromatic nitrogens is 1. The minimum atomic E-state index is -0.605. The first-order valence-electron chi connectivity index (χ1n) is 9.70. The molecule has 0 aliphatic carbocycles. The molecule has 1 aromatic heterocycles. The molecule has 2 rings (SSSR count). The zero-order valence-corrected chi connectivity index (χ0v) is 18.0. The number of methoxy groups -OCH3 is 1. The Morgan fingerprint density at radius 1 is 1.27 bits per heavy atom. The van der Waals surface area contributed by atoms with E-state index in [1.54, 1.807) is 24.3 Å². The lowest BCUT2D eigenvalue weighted by molar-refractivity contribution is -0.144. The first-order valence-corrected chi connectivity index (χ1v) is 9.70. The quantitative estimate of drug-likeness (QED) is 0.468. The van der Waals surface area contributed by atoms with Gasteiger partial charge >= 0.3 is 5.97 Å². The lowest BCUT2D eigenvalue weighted by Crippen LogP contribution is -2.35. The van der Waals surface area contributed by atoms with Crippen LogP contribution in [0.1, 0.15) is 42.8 Å². The predicted octanol–water partition coefficient (Wildman–Crippen LogP) is 3.35. The van der Waals surface area contributed by atoms with Crippen molar-refractivity contribution in [1.82, 2.24) is 10.5 Å². The number of ether oxygens (including phenoxy) is 3. The Labute approximate surface area is 176 Å². The van der Waals surface area contributed by atoms with Gasteiger partial charge in [-0.15, -0.1) is 0 Å². The van der Waals surface area contributed by atoms with Gasteiger partial charge in [-0.3, -0.25) is 4.79 Å². The summed E-state index contributed by atoms with van der Waals surface area (Å²) >= 11 is 0. The van der Waals surface area contributed by atoms with Gasteiger partial charge in [-0.1, -0.05) is 18.1 Å². The number of hydrogen-bond acceptors (Lipinski definition) is 7. The molecule has 1 N–H and O–H groups in total. The third-order valence-electron chi connectivity index (χ3n) is 4.52. The van der Waals surface area contributed by atoms with Crippen molar-refractivity contribution in [3.8, 4) is 11.5 Å². The zero-order chi connectivity index (χ0) is 22.1. The molecule has 0 fully saturated rings. The standard InChI is InChI=1S/C22H28N2O6/c1-6-14(2)23-21(25)13-29-22(26)10-8-17-7-9-19(20(11-17)27-5)28-12-18-15(3)24-30-16(18)4/h7-11,14H,6,12-13H2,1-5H3,(H,23,25)/b10-8+/t14-/m1/s1. The molecule has 8 heteroatoms. The van der Waals surface area contributed by atoms with Crippen LogP contribution >= 0.6 is 0 Å². The molecule has 0 bridgehead atoms. The monoisotopic (exact) mass is 416 g/mol. The highest BCUT2D eigenvalue weighted by Crippen LogP contribution is 2.30. The highest BCUT2D eigenvalue weighted by molar-refractivity contribution is 5.89. The van der Waals surface area contributed by atoms with Crippen LogP contribution in [-0.4, -0.2) is 36.8 Å². The van der Waals surface area contributed by atoms with Gasteiger partial charge in [0.1, 0.15) is 12.4 Å². The van der Waals surface area contributed by atoms with Crippen LogP contribution in [0.15, 0.2) is 28.8 Å². The third kappa shape index (κ3) is 6.65. The molecule has 1 heterocycles. The van der Waals surface area contributed by atoms with Crippen LogP contribution in [-0.2, 0) is 20.9 Å². The lowest BCUT2D eigenvalue weighted by atomic mass is 10.2. The fourth-order valence-electron chi connectivity index (χ4n) is 2.53. The van der Waals surface area contributed by atoms with Gasteiger partial charge in [0.2, 0.25) is 0 Å². The van der Waals surface area contributed by atoms with Crippen LogP contribution in [0.4, 0.5) is 0 Å². The van der Waals surface area contributed by atoms with E-state index in [-0.39, 0.29) is 18.6 Å². The summed E-state index contributed by atoms with van der Waals surface area (Å²) < 4.78 is 21.3. The number of amides is 1. The molecule has 0 unspecified atom stereocenters. The smallest absolute Gasteiger partial charge is 0.331 e. The van der Waals surface area contributed by atoms with E-state index >= 15 is 0 Å². The molecule has 30 heavy (non-hydrogen) atoms. The van der Waals surface area contributed by atoms with Gasteiger partial charge in [-0.05, 0) is 51.0 Å². The number of carbonyl (C=O) groups excluding carboxylic acids is 2. The van der Waals surface area contributed by atoms with Gasteiger partial charge in [0, 0.05) is 12.1 Å². The summed E-state index contributed by atoms with van der Waals surface area (Å²) in [6, 6.07) is 5.31. The molecule has 162 valence electrons. The summed E-state index contributed by atoms with van der Waals surface area (Å²) in [5.74, 6) is 0.853. The number of aryl methyl sites for hydroxylation is 2. The van der Waals surface area contributed by atoms with Crippen LogP contribution in [0.5, 0.6) is 11.5 Å². The number of rotatable bonds is 10. The molecule has 2 aromatic rings. The number of hydrogen-bond donors (Lipinski definition) is 1. The first kappa shape index (κ1) is 23.0. The van der Waals surface area contributed by atoms with Gasteiger partial charge in [0.15, 0.2) is 18.1 Å². The van der Waals surface area contributed by atoms with Gasteiger partial charge in [-0.25, -0.2) is 4.79 Å². The molecule has 0 saturated carbocycles. The van der Waals surface area contributed by atoms with E-state index in [2.05, 4.69) is 10.5 Å². The summed E-state index contributed by atoms with van der Waals surface area (Å²) in [5.41, 5.74) is 2.39. The van der Waals surface area contributed by atoms with Crippen molar-refractivity contribution in [2.75, 3.05) is 13.7 Å². The Morgan fingerprint density at radius 3 is 2.67 bits per heavy atom. The second kappa shape index (κ2) is 11.0. The SMILES string of the molecule is CC[C@@H](C)NC(=O)COC(=O)/C=C/c1ccc(OCc2c(C)noc2C)c(OC)c1. The van der Waals surface area contributed by atoms with Gasteiger partial charge in [0.05, 0.1) is 18.4 Å². The van der Waals surface area contributed by atoms with Crippen LogP contribution in [0.3, 0.4) is 0 Å². The topological polar surface area (TPSA) is 99.9 Å². The summed E-state index contributed by atoms with van der Waals surface area (Å²) in [4.78, 5) is 23.5. The molecule has 1 amide bonds. The number of nitrogens with zero attached hydrogens (tertiary/aromatic N) is 1. The molecule has 0 radical (unpaired) electrons. The van der Waals surface area contributed by atoms with Crippen LogP contribution in [0.2, 0.25) is 0 Å². The average Bonchev–Trinajstić information content (AvgIpc) is 3.06. The fourth-order valence-corrected chi connectivity index (χ4v) is 2.53. The molecule has 0 spiro atoms. The van der Waals surface area contributed by atoms with E-state index in [1.165, 1.54) is 13.2 Å². The number of benzene rings is 1. The van der Waals surface area contributed by atoms with Crippen LogP contribution in [0.25, 0.3) is 6.08 Å². The maximum atomic E-state index is 11.8. The predicted molar refractivity (Wildman–Crippen MR) is 111 cm³/mol. The molecule has 1 atom stereocenters. The Kier molecular flexibility index (Phi) is 8.46. The summed E-state index contributed by atoms with van der Waals surface area (Å²) in [7, 11) is 1.54. The highest BCUT2D eigenvalue weighted by atomic mass is 16.5. The third-order valence-corrected chi connectivity index (χ3v) is 4.52. The van der Waals surface area contributed by atoms with Crippen molar-refractivity contribution in [3.05, 3.63) is 46.9 Å². The Bertz CT molecular complexity index is 884. The molecule has 8 nitrogen and oxygen atoms in total. The van der Waals surface area contributed by atoms with E-state index in [1.807, 2.05) is 27.7 Å². The van der Waals surface area contributed by atoms with Gasteiger partial charge < -0.3 is 24.1 Å². The normalized spacial score (nSPS) is 11.9. The van der Waals surface area contributed by atoms with Crippen molar-refractivity contribution in [1.29, 1.82) is 0 Å². The van der Waals surface area contributed by atoms with E-state index < -0.39 is 5.97 Å². The first-order chi connectivity index (χ1) is 14.3. The van der Waals surface area contributed by atoms with E-state index in [9.17, 15) is 9.59 Å². The van der Waals surface area contributed by atoms with Crippen molar-refractivity contribution in [2.24, 2.45) is 0 Å². The van der Waals surface area contributed by atoms with Crippen molar-refractivity contribution < 1.29 is 28.3 Å². The summed E-state index contributed by atoms with van der Waals surface area (Å²) in [6.07, 6.45) is 3.64. The van der Waals surface area contributed by atoms with Crippen LogP contribution in [0, 0.1) is 13.8 Å². The number of nitrogens with one attached hydrogen (secondary N) is 1. The highest BCUT2D eigenvalue weighted by Gasteiger charge is 2.12. The molecule has 0 aliphatic heterocycles. The van der Waals surface area contributed by atoms with E-state index in [0.717, 1.165) is 23.2 Å². The van der Waals surface area contributed by atoms with Crippen molar-refractivity contribution >= 4 is 18.0 Å². The minimum Gasteiger partial charge on any atom is -0.493 e. The lowest BCUT2D eigenvalue weighted by Gasteiger charge is -2.11. The number of esters is 1. The Balaban J connectivity index is 1.93. The molecule has 0 aliphatic rings. The van der Waals surface area contributed by atoms with Crippen LogP contribution < -0.4 is 14.8 Å². The largest absolute Gasteiger partial charge is 0.493 e. The molecular weight excluding hydrogens is 388 g/mol. The second-order valence-corrected chi connectivity index (χ2v) is 6.82. The Hall–Kier alpha value is -3.29. The molecule has 0 saturated heterocycles. The Morgan fingerprint density at radius 2 is 2.03 bits per heavy atom. The summed E-state index contributed by atoms with van der Waals surface area (Å²) in [6.45, 7) is 7.52. The second-order valence-electron chi connectivity index (χ2n) is 6.82. The fraction of sp³-hybridized carbons (Fsp3) is 0.409. The van der Waals surface area contributed by atoms with E-state index in [4.69, 9.17) is 18.7 Å². The summed E-state index contributed by atoms with van der Waals surface area (Å²) in [5, 5.41) is 6.63. The van der Waals surface area contributed by atoms with Crippen molar-refractivity contribution in [2.45, 2.75) is 46.8 Å². The molecular formula is C22H28N2O6. The van der Waals surface area contributed by atoms with E-state index in [0.29, 0.717) is 23.9 Å². The minimum absolute atomic E-state index is 0.0394. The van der Waals surface area contributed by atoms with Gasteiger partial charge in [0.25, 0.3) is 5.91 Å². The average molecular weight is 416 g/mol. The molecule has 1 aromatic carbocycles. The maximum Gasteiger partial charge on any atom is 0.331 e. The van der Waals surface area contributed by atoms with Gasteiger partial charge in [-0.2, -0.15) is 0 Å². The zero-order valence-electron chi connectivity index (χ0n) is 18.0.